The fourth-order valence-corrected chi connectivity index (χ4v) is 2.75. The van der Waals surface area contributed by atoms with Crippen LogP contribution in [0.3, 0.4) is 0 Å². The summed E-state index contributed by atoms with van der Waals surface area (Å²) in [5, 5.41) is 12.3. The first-order chi connectivity index (χ1) is 11.0. The van der Waals surface area contributed by atoms with E-state index in [1.807, 2.05) is 48.9 Å². The molecule has 2 rings (SSSR count). The Hall–Kier alpha value is -2.39. The molecule has 0 spiro atoms. The largest absolute Gasteiger partial charge is 0.497 e. The molecule has 5 nitrogen and oxygen atoms in total. The second-order valence-electron chi connectivity index (χ2n) is 5.06. The van der Waals surface area contributed by atoms with Crippen LogP contribution in [0.4, 0.5) is 5.82 Å². The van der Waals surface area contributed by atoms with Crippen molar-refractivity contribution < 1.29 is 9.53 Å². The third-order valence-corrected chi connectivity index (χ3v) is 4.24. The molecular weight excluding hydrogens is 310 g/mol. The molecule has 1 amide bonds. The van der Waals surface area contributed by atoms with Gasteiger partial charge in [0.05, 0.1) is 18.4 Å². The quantitative estimate of drug-likeness (QED) is 0.914. The first-order valence-corrected chi connectivity index (χ1v) is 8.48. The smallest absolute Gasteiger partial charge is 0.235 e. The number of benzene rings is 1. The van der Waals surface area contributed by atoms with Crippen molar-refractivity contribution in [3.8, 4) is 17.5 Å². The number of ether oxygens (including phenoxy) is 1. The number of hydrogen-bond donors (Lipinski definition) is 1. The average Bonchev–Trinajstić information content (AvgIpc) is 2.78. The molecule has 0 aliphatic heterocycles. The Labute approximate surface area is 140 Å². The van der Waals surface area contributed by atoms with Crippen LogP contribution in [0.2, 0.25) is 0 Å². The van der Waals surface area contributed by atoms with Gasteiger partial charge in [0.2, 0.25) is 5.91 Å². The molecular formula is C17H19N3O2S. The summed E-state index contributed by atoms with van der Waals surface area (Å²) in [5.41, 5.74) is 3.15. The molecule has 2 aromatic rings. The predicted molar refractivity (Wildman–Crippen MR) is 93.5 cm³/mol. The number of carbonyl (C=O) groups is 1. The Balaban J connectivity index is 2.56. The topological polar surface area (TPSA) is 67.1 Å². The van der Waals surface area contributed by atoms with Gasteiger partial charge < -0.3 is 10.1 Å². The van der Waals surface area contributed by atoms with Crippen LogP contribution in [0.5, 0.6) is 5.75 Å². The van der Waals surface area contributed by atoms with Gasteiger partial charge >= 0.3 is 0 Å². The lowest BCUT2D eigenvalue weighted by molar-refractivity contribution is -0.113. The fourth-order valence-electron chi connectivity index (χ4n) is 2.41. The van der Waals surface area contributed by atoms with E-state index >= 15 is 0 Å². The van der Waals surface area contributed by atoms with Gasteiger partial charge in [0, 0.05) is 11.4 Å². The summed E-state index contributed by atoms with van der Waals surface area (Å²) in [6.45, 7) is 3.82. The Morgan fingerprint density at radius 2 is 2.00 bits per heavy atom. The molecule has 0 bridgehead atoms. The van der Waals surface area contributed by atoms with Gasteiger partial charge in [-0.2, -0.15) is 17.0 Å². The summed E-state index contributed by atoms with van der Waals surface area (Å²) >= 11 is 1.44. The molecule has 0 aliphatic carbocycles. The van der Waals surface area contributed by atoms with Crippen molar-refractivity contribution in [3.05, 3.63) is 41.1 Å². The first-order valence-electron chi connectivity index (χ1n) is 7.08. The molecule has 23 heavy (non-hydrogen) atoms. The summed E-state index contributed by atoms with van der Waals surface area (Å²) in [7, 11) is 1.61. The van der Waals surface area contributed by atoms with Crippen LogP contribution in [0.15, 0.2) is 24.3 Å². The number of hydrogen-bond acceptors (Lipinski definition) is 4. The highest BCUT2D eigenvalue weighted by Gasteiger charge is 2.20. The molecule has 6 heteroatoms. The normalized spacial score (nSPS) is 10.2. The van der Waals surface area contributed by atoms with Gasteiger partial charge in [-0.3, -0.25) is 9.36 Å². The molecule has 0 unspecified atom stereocenters. The third kappa shape index (κ3) is 3.35. The number of methoxy groups -OCH3 is 1. The Morgan fingerprint density at radius 1 is 1.35 bits per heavy atom. The maximum atomic E-state index is 12.0. The van der Waals surface area contributed by atoms with E-state index in [1.165, 1.54) is 11.8 Å². The minimum atomic E-state index is -0.124. The van der Waals surface area contributed by atoms with Crippen molar-refractivity contribution in [2.45, 2.75) is 13.8 Å². The summed E-state index contributed by atoms with van der Waals surface area (Å²) in [6.07, 6.45) is 1.86. The third-order valence-electron chi connectivity index (χ3n) is 3.69. The first kappa shape index (κ1) is 17.0. The standard InChI is InChI=1S/C17H19N3O2S/c1-11-12(2)20(13-5-7-14(22-3)8-6-13)17(15(11)9-18)19-16(21)10-23-4/h5-8H,10H2,1-4H3,(H,19,21). The van der Waals surface area contributed by atoms with Gasteiger partial charge in [-0.25, -0.2) is 0 Å². The Morgan fingerprint density at radius 3 is 2.52 bits per heavy atom. The van der Waals surface area contributed by atoms with Crippen molar-refractivity contribution in [1.82, 2.24) is 4.57 Å². The molecule has 1 aromatic carbocycles. The second kappa shape index (κ2) is 7.25. The second-order valence-corrected chi connectivity index (χ2v) is 5.93. The summed E-state index contributed by atoms with van der Waals surface area (Å²) in [5.74, 6) is 1.49. The number of rotatable bonds is 5. The van der Waals surface area contributed by atoms with Crippen molar-refractivity contribution in [1.29, 1.82) is 5.26 Å². The van der Waals surface area contributed by atoms with Crippen molar-refractivity contribution >= 4 is 23.5 Å². The van der Waals surface area contributed by atoms with E-state index in [0.29, 0.717) is 17.1 Å². The van der Waals surface area contributed by atoms with E-state index in [0.717, 1.165) is 22.7 Å². The predicted octanol–water partition coefficient (Wildman–Crippen LogP) is 3.28. The zero-order valence-corrected chi connectivity index (χ0v) is 14.5. The van der Waals surface area contributed by atoms with E-state index in [-0.39, 0.29) is 5.91 Å². The summed E-state index contributed by atoms with van der Waals surface area (Å²) in [4.78, 5) is 12.0. The highest BCUT2D eigenvalue weighted by Crippen LogP contribution is 2.30. The van der Waals surface area contributed by atoms with E-state index in [1.54, 1.807) is 7.11 Å². The maximum Gasteiger partial charge on any atom is 0.235 e. The maximum absolute atomic E-state index is 12.0. The highest BCUT2D eigenvalue weighted by molar-refractivity contribution is 7.99. The van der Waals surface area contributed by atoms with Gasteiger partial charge in [-0.15, -0.1) is 0 Å². The average molecular weight is 329 g/mol. The monoisotopic (exact) mass is 329 g/mol. The van der Waals surface area contributed by atoms with Gasteiger partial charge in [-0.05, 0) is 49.9 Å². The van der Waals surface area contributed by atoms with Gasteiger partial charge in [0.1, 0.15) is 17.6 Å². The van der Waals surface area contributed by atoms with Crippen LogP contribution in [-0.2, 0) is 4.79 Å². The zero-order chi connectivity index (χ0) is 17.0. The van der Waals surface area contributed by atoms with Crippen LogP contribution in [0.1, 0.15) is 16.8 Å². The summed E-state index contributed by atoms with van der Waals surface area (Å²) in [6, 6.07) is 9.70. The minimum absolute atomic E-state index is 0.124. The lowest BCUT2D eigenvalue weighted by Crippen LogP contribution is -2.17. The number of aromatic nitrogens is 1. The summed E-state index contributed by atoms with van der Waals surface area (Å²) < 4.78 is 7.07. The van der Waals surface area contributed by atoms with Crippen LogP contribution < -0.4 is 10.1 Å². The van der Waals surface area contributed by atoms with Gasteiger partial charge in [-0.1, -0.05) is 0 Å². The highest BCUT2D eigenvalue weighted by atomic mass is 32.2. The molecule has 0 atom stereocenters. The zero-order valence-electron chi connectivity index (χ0n) is 13.6. The van der Waals surface area contributed by atoms with Crippen LogP contribution in [0.25, 0.3) is 5.69 Å². The van der Waals surface area contributed by atoms with Crippen molar-refractivity contribution in [2.24, 2.45) is 0 Å². The molecule has 0 aliphatic rings. The fraction of sp³-hybridized carbons (Fsp3) is 0.294. The molecule has 1 aromatic heterocycles. The molecule has 0 radical (unpaired) electrons. The van der Waals surface area contributed by atoms with Crippen molar-refractivity contribution in [3.63, 3.8) is 0 Å². The molecule has 1 heterocycles. The van der Waals surface area contributed by atoms with E-state index in [2.05, 4.69) is 11.4 Å². The SMILES string of the molecule is COc1ccc(-n2c(C)c(C)c(C#N)c2NC(=O)CSC)cc1. The van der Waals surface area contributed by atoms with Crippen LogP contribution in [-0.4, -0.2) is 29.6 Å². The lowest BCUT2D eigenvalue weighted by atomic mass is 10.2. The van der Waals surface area contributed by atoms with Crippen molar-refractivity contribution in [2.75, 3.05) is 24.4 Å². The van der Waals surface area contributed by atoms with Gasteiger partial charge in [0.25, 0.3) is 0 Å². The lowest BCUT2D eigenvalue weighted by Gasteiger charge is -2.13. The molecule has 0 fully saturated rings. The molecule has 120 valence electrons. The Kier molecular flexibility index (Phi) is 5.35. The molecule has 1 N–H and O–H groups in total. The minimum Gasteiger partial charge on any atom is -0.497 e. The van der Waals surface area contributed by atoms with E-state index in [9.17, 15) is 10.1 Å². The van der Waals surface area contributed by atoms with E-state index in [4.69, 9.17) is 4.74 Å². The number of nitrogens with one attached hydrogen (secondary N) is 1. The Bertz CT molecular complexity index is 758. The number of carbonyl (C=O) groups excluding carboxylic acids is 1. The number of thioether (sulfide) groups is 1. The van der Waals surface area contributed by atoms with Crippen LogP contribution in [0, 0.1) is 25.2 Å². The van der Waals surface area contributed by atoms with Crippen LogP contribution >= 0.6 is 11.8 Å². The number of anilines is 1. The molecule has 0 saturated carbocycles. The number of nitriles is 1. The number of amides is 1. The molecule has 0 saturated heterocycles. The van der Waals surface area contributed by atoms with E-state index < -0.39 is 0 Å². The van der Waals surface area contributed by atoms with Gasteiger partial charge in [0.15, 0.2) is 0 Å². The number of nitrogens with zero attached hydrogens (tertiary/aromatic N) is 2.